The lowest BCUT2D eigenvalue weighted by atomic mass is 9.72. The molecule has 3 aliphatic rings. The van der Waals surface area contributed by atoms with E-state index in [4.69, 9.17) is 11.6 Å². The van der Waals surface area contributed by atoms with Crippen molar-refractivity contribution in [1.29, 1.82) is 0 Å². The first-order chi connectivity index (χ1) is 13.1. The van der Waals surface area contributed by atoms with Crippen molar-refractivity contribution < 1.29 is 9.59 Å². The van der Waals surface area contributed by atoms with E-state index in [0.29, 0.717) is 50.1 Å². The van der Waals surface area contributed by atoms with E-state index in [9.17, 15) is 9.59 Å². The molecule has 0 aromatic heterocycles. The van der Waals surface area contributed by atoms with Crippen molar-refractivity contribution in [2.45, 2.75) is 62.8 Å². The van der Waals surface area contributed by atoms with Gasteiger partial charge < -0.3 is 15.1 Å². The molecule has 3 rings (SSSR count). The summed E-state index contributed by atoms with van der Waals surface area (Å²) in [6.07, 6.45) is 11.3. The number of nitrogens with one attached hydrogen (secondary N) is 1. The fraction of sp³-hybridized carbons (Fsp3) is 0.810. The van der Waals surface area contributed by atoms with Gasteiger partial charge in [-0.2, -0.15) is 0 Å². The molecule has 0 bridgehead atoms. The summed E-state index contributed by atoms with van der Waals surface area (Å²) in [5, 5.41) is 3.81. The summed E-state index contributed by atoms with van der Waals surface area (Å²) in [5.41, 5.74) is 0. The Labute approximate surface area is 168 Å². The molecule has 3 fully saturated rings. The van der Waals surface area contributed by atoms with Crippen LogP contribution in [0.3, 0.4) is 0 Å². The summed E-state index contributed by atoms with van der Waals surface area (Å²) in [4.78, 5) is 27.8. The highest BCUT2D eigenvalue weighted by Crippen LogP contribution is 2.40. The average molecular weight is 396 g/mol. The molecule has 0 radical (unpaired) electrons. The van der Waals surface area contributed by atoms with Crippen LogP contribution in [0.4, 0.5) is 0 Å². The second kappa shape index (κ2) is 9.92. The predicted molar refractivity (Wildman–Crippen MR) is 109 cm³/mol. The molecule has 2 saturated carbocycles. The van der Waals surface area contributed by atoms with E-state index in [1.165, 1.54) is 38.2 Å². The Morgan fingerprint density at radius 3 is 2.33 bits per heavy atom. The second-order valence-corrected chi connectivity index (χ2v) is 8.94. The summed E-state index contributed by atoms with van der Waals surface area (Å²) >= 11 is 6.67. The Morgan fingerprint density at radius 1 is 1.00 bits per heavy atom. The molecular weight excluding hydrogens is 362 g/mol. The van der Waals surface area contributed by atoms with Gasteiger partial charge in [-0.15, -0.1) is 11.6 Å². The van der Waals surface area contributed by atoms with Crippen LogP contribution in [0.25, 0.3) is 0 Å². The summed E-state index contributed by atoms with van der Waals surface area (Å²) in [6.45, 7) is 6.33. The van der Waals surface area contributed by atoms with Crippen LogP contribution in [0.5, 0.6) is 0 Å². The molecule has 1 heterocycles. The molecular formula is C21H34ClN3O2. The third-order valence-corrected chi connectivity index (χ3v) is 7.27. The molecule has 1 aliphatic heterocycles. The van der Waals surface area contributed by atoms with Crippen LogP contribution in [0.2, 0.25) is 0 Å². The van der Waals surface area contributed by atoms with Crippen molar-refractivity contribution in [1.82, 2.24) is 15.1 Å². The Bertz CT molecular complexity index is 528. The Balaban J connectivity index is 1.42. The van der Waals surface area contributed by atoms with E-state index in [0.717, 1.165) is 25.2 Å². The lowest BCUT2D eigenvalue weighted by Gasteiger charge is -2.40. The minimum atomic E-state index is -0.0492. The van der Waals surface area contributed by atoms with Crippen LogP contribution >= 0.6 is 11.6 Å². The lowest BCUT2D eigenvalue weighted by Crippen LogP contribution is -2.53. The van der Waals surface area contributed by atoms with Gasteiger partial charge in [0.1, 0.15) is 0 Å². The molecule has 2 aliphatic carbocycles. The zero-order chi connectivity index (χ0) is 19.2. The van der Waals surface area contributed by atoms with Crippen LogP contribution < -0.4 is 5.32 Å². The Hall–Kier alpha value is -1.07. The number of nitrogens with zero attached hydrogens (tertiary/aromatic N) is 2. The van der Waals surface area contributed by atoms with E-state index in [1.807, 2.05) is 4.90 Å². The summed E-state index contributed by atoms with van der Waals surface area (Å²) in [6, 6.07) is 0.402. The fourth-order valence-electron chi connectivity index (χ4n) is 5.05. The highest BCUT2D eigenvalue weighted by atomic mass is 35.5. The molecule has 0 aromatic carbocycles. The summed E-state index contributed by atoms with van der Waals surface area (Å²) in [7, 11) is 0. The molecule has 2 amide bonds. The maximum Gasteiger partial charge on any atom is 0.246 e. The van der Waals surface area contributed by atoms with E-state index in [1.54, 1.807) is 4.90 Å². The maximum absolute atomic E-state index is 12.5. The largest absolute Gasteiger partial charge is 0.338 e. The molecule has 0 spiro atoms. The zero-order valence-corrected chi connectivity index (χ0v) is 17.1. The monoisotopic (exact) mass is 395 g/mol. The van der Waals surface area contributed by atoms with E-state index < -0.39 is 0 Å². The number of alkyl halides is 1. The quantitative estimate of drug-likeness (QED) is 0.575. The van der Waals surface area contributed by atoms with E-state index in [2.05, 4.69) is 11.9 Å². The van der Waals surface area contributed by atoms with E-state index in [-0.39, 0.29) is 11.8 Å². The number of piperazine rings is 1. The summed E-state index contributed by atoms with van der Waals surface area (Å²) < 4.78 is 0. The van der Waals surface area contributed by atoms with Gasteiger partial charge in [0.2, 0.25) is 11.8 Å². The maximum atomic E-state index is 12.5. The van der Waals surface area contributed by atoms with Crippen molar-refractivity contribution in [2.75, 3.05) is 32.7 Å². The van der Waals surface area contributed by atoms with Gasteiger partial charge in [-0.05, 0) is 37.2 Å². The average Bonchev–Trinajstić information content (AvgIpc) is 2.73. The number of rotatable bonds is 5. The zero-order valence-electron chi connectivity index (χ0n) is 16.4. The number of hydrogen-bond donors (Lipinski definition) is 1. The first kappa shape index (κ1) is 20.7. The first-order valence-corrected chi connectivity index (χ1v) is 11.1. The first-order valence-electron chi connectivity index (χ1n) is 10.6. The Morgan fingerprint density at radius 2 is 1.67 bits per heavy atom. The van der Waals surface area contributed by atoms with Gasteiger partial charge in [0, 0.05) is 37.6 Å². The van der Waals surface area contributed by atoms with Gasteiger partial charge in [0.15, 0.2) is 0 Å². The van der Waals surface area contributed by atoms with Gasteiger partial charge >= 0.3 is 0 Å². The van der Waals surface area contributed by atoms with Gasteiger partial charge in [-0.25, -0.2) is 0 Å². The smallest absolute Gasteiger partial charge is 0.246 e. The molecule has 1 saturated heterocycles. The van der Waals surface area contributed by atoms with Crippen LogP contribution in [0, 0.1) is 11.8 Å². The standard InChI is InChI=1S/C21H34ClN3O2/c1-2-20(26)24-10-12-25(13-11-24)21(27)15-23-17-8-9-19(22)18(14-17)16-6-4-3-5-7-16/h2,16-19,23H,1,3-15H2. The van der Waals surface area contributed by atoms with Gasteiger partial charge in [0.05, 0.1) is 6.54 Å². The van der Waals surface area contributed by atoms with Crippen molar-refractivity contribution in [3.05, 3.63) is 12.7 Å². The molecule has 5 nitrogen and oxygen atoms in total. The van der Waals surface area contributed by atoms with Crippen molar-refractivity contribution in [2.24, 2.45) is 11.8 Å². The fourth-order valence-corrected chi connectivity index (χ4v) is 5.49. The molecule has 0 aromatic rings. The van der Waals surface area contributed by atoms with Crippen LogP contribution in [0.1, 0.15) is 51.4 Å². The number of amides is 2. The van der Waals surface area contributed by atoms with Crippen LogP contribution in [0.15, 0.2) is 12.7 Å². The second-order valence-electron chi connectivity index (χ2n) is 8.38. The minimum absolute atomic E-state index is 0.0492. The number of carbonyl (C=O) groups excluding carboxylic acids is 2. The normalized spacial score (nSPS) is 30.2. The van der Waals surface area contributed by atoms with Crippen LogP contribution in [-0.4, -0.2) is 65.8 Å². The number of hydrogen-bond acceptors (Lipinski definition) is 3. The summed E-state index contributed by atoms with van der Waals surface area (Å²) in [5.74, 6) is 1.47. The van der Waals surface area contributed by atoms with Crippen molar-refractivity contribution in [3.63, 3.8) is 0 Å². The van der Waals surface area contributed by atoms with Gasteiger partial charge in [0.25, 0.3) is 0 Å². The molecule has 3 atom stereocenters. The SMILES string of the molecule is C=CC(=O)N1CCN(C(=O)CNC2CCC(Cl)C(C3CCCCC3)C2)CC1. The molecule has 1 N–H and O–H groups in total. The lowest BCUT2D eigenvalue weighted by molar-refractivity contribution is -0.136. The highest BCUT2D eigenvalue weighted by Gasteiger charge is 2.35. The topological polar surface area (TPSA) is 52.7 Å². The third kappa shape index (κ3) is 5.47. The van der Waals surface area contributed by atoms with E-state index >= 15 is 0 Å². The molecule has 27 heavy (non-hydrogen) atoms. The van der Waals surface area contributed by atoms with Gasteiger partial charge in [-0.3, -0.25) is 9.59 Å². The van der Waals surface area contributed by atoms with Gasteiger partial charge in [-0.1, -0.05) is 38.7 Å². The van der Waals surface area contributed by atoms with Crippen LogP contribution in [-0.2, 0) is 9.59 Å². The minimum Gasteiger partial charge on any atom is -0.338 e. The Kier molecular flexibility index (Phi) is 7.59. The number of carbonyl (C=O) groups is 2. The number of halogens is 1. The third-order valence-electron chi connectivity index (χ3n) is 6.73. The molecule has 3 unspecified atom stereocenters. The van der Waals surface area contributed by atoms with Crippen molar-refractivity contribution in [3.8, 4) is 0 Å². The molecule has 152 valence electrons. The van der Waals surface area contributed by atoms with Crippen molar-refractivity contribution >= 4 is 23.4 Å². The highest BCUT2D eigenvalue weighted by molar-refractivity contribution is 6.20. The predicted octanol–water partition coefficient (Wildman–Crippen LogP) is 2.79. The molecule has 6 heteroatoms.